The van der Waals surface area contributed by atoms with Gasteiger partial charge in [0, 0.05) is 25.1 Å². The molecule has 1 saturated carbocycles. The van der Waals surface area contributed by atoms with E-state index in [2.05, 4.69) is 48.7 Å². The smallest absolute Gasteiger partial charge is 0.231 e. The van der Waals surface area contributed by atoms with E-state index in [1.54, 1.807) is 0 Å². The molecule has 1 heterocycles. The summed E-state index contributed by atoms with van der Waals surface area (Å²) >= 11 is 0. The summed E-state index contributed by atoms with van der Waals surface area (Å²) in [6.45, 7) is 2.62. The molecule has 0 bridgehead atoms. The summed E-state index contributed by atoms with van der Waals surface area (Å²) in [7, 11) is 2.50. The molecule has 1 atom stereocenters. The summed E-state index contributed by atoms with van der Waals surface area (Å²) < 4.78 is 34.3. The molecule has 0 spiro atoms. The lowest BCUT2D eigenvalue weighted by molar-refractivity contribution is -0.904. The summed E-state index contributed by atoms with van der Waals surface area (Å²) in [4.78, 5) is 4.64. The fraction of sp³-hybridized carbons (Fsp3) is 0.500. The molecule has 214 valence electrons. The topological polar surface area (TPSA) is 115 Å². The number of benzene rings is 2. The first kappa shape index (κ1) is 31.0. The van der Waals surface area contributed by atoms with Crippen LogP contribution in [0.1, 0.15) is 60.4 Å². The van der Waals surface area contributed by atoms with Crippen molar-refractivity contribution in [1.82, 2.24) is 10.3 Å². The third-order valence-corrected chi connectivity index (χ3v) is 7.28. The second kappa shape index (κ2) is 13.7. The van der Waals surface area contributed by atoms with Gasteiger partial charge in [0.05, 0.1) is 37.0 Å². The summed E-state index contributed by atoms with van der Waals surface area (Å²) in [6, 6.07) is 18.8. The molecule has 1 aromatic heterocycles. The van der Waals surface area contributed by atoms with E-state index >= 15 is 0 Å². The summed E-state index contributed by atoms with van der Waals surface area (Å²) in [5.41, 5.74) is 2.36. The van der Waals surface area contributed by atoms with Crippen LogP contribution in [0.5, 0.6) is 0 Å². The van der Waals surface area contributed by atoms with Gasteiger partial charge in [0.15, 0.2) is 11.4 Å². The Balaban J connectivity index is 0.000000771. The molecule has 0 saturated heterocycles. The number of nitrogens with zero attached hydrogens (tertiary/aromatic N) is 2. The quantitative estimate of drug-likeness (QED) is 0.284. The van der Waals surface area contributed by atoms with E-state index in [1.807, 2.05) is 43.6 Å². The highest BCUT2D eigenvalue weighted by molar-refractivity contribution is 7.84. The van der Waals surface area contributed by atoms with Crippen molar-refractivity contribution in [3.05, 3.63) is 89.1 Å². The fourth-order valence-electron chi connectivity index (χ4n) is 5.26. The van der Waals surface area contributed by atoms with E-state index < -0.39 is 15.7 Å². The van der Waals surface area contributed by atoms with Crippen LogP contribution in [0.2, 0.25) is 0 Å². The molecule has 3 aromatic rings. The molecule has 4 rings (SSSR count). The summed E-state index contributed by atoms with van der Waals surface area (Å²) in [6.07, 6.45) is 8.95. The zero-order valence-electron chi connectivity index (χ0n) is 23.6. The van der Waals surface area contributed by atoms with Crippen molar-refractivity contribution in [3.63, 3.8) is 0 Å². The molecule has 2 N–H and O–H groups in total. The van der Waals surface area contributed by atoms with Gasteiger partial charge in [0.1, 0.15) is 6.54 Å². The molecule has 1 aliphatic rings. The minimum absolute atomic E-state index is 0.128. The molecule has 39 heavy (non-hydrogen) atoms. The van der Waals surface area contributed by atoms with Crippen LogP contribution in [0.3, 0.4) is 0 Å². The maximum absolute atomic E-state index is 12.0. The average Bonchev–Trinajstić information content (AvgIpc) is 3.36. The lowest BCUT2D eigenvalue weighted by Crippen LogP contribution is -2.40. The van der Waals surface area contributed by atoms with Gasteiger partial charge < -0.3 is 23.9 Å². The van der Waals surface area contributed by atoms with E-state index in [-0.39, 0.29) is 5.92 Å². The highest BCUT2D eigenvalue weighted by atomic mass is 32.2. The number of aliphatic hydroxyl groups is 1. The predicted octanol–water partition coefficient (Wildman–Crippen LogP) is 4.19. The van der Waals surface area contributed by atoms with Gasteiger partial charge in [-0.15, -0.1) is 0 Å². The van der Waals surface area contributed by atoms with Crippen molar-refractivity contribution < 1.29 is 27.0 Å². The highest BCUT2D eigenvalue weighted by Gasteiger charge is 2.44. The van der Waals surface area contributed by atoms with Crippen molar-refractivity contribution in [2.75, 3.05) is 33.9 Å². The zero-order chi connectivity index (χ0) is 28.5. The Morgan fingerprint density at radius 3 is 2.23 bits per heavy atom. The molecule has 9 heteroatoms. The van der Waals surface area contributed by atoms with Gasteiger partial charge in [-0.05, 0) is 36.6 Å². The van der Waals surface area contributed by atoms with Gasteiger partial charge in [-0.1, -0.05) is 73.9 Å². The van der Waals surface area contributed by atoms with Crippen molar-refractivity contribution in [3.8, 4) is 0 Å². The van der Waals surface area contributed by atoms with E-state index in [0.29, 0.717) is 12.1 Å². The van der Waals surface area contributed by atoms with Gasteiger partial charge in [0.25, 0.3) is 0 Å². The normalized spacial score (nSPS) is 16.3. The number of oxazole rings is 1. The lowest BCUT2D eigenvalue weighted by atomic mass is 9.73. The molecule has 0 unspecified atom stereocenters. The largest absolute Gasteiger partial charge is 0.748 e. The second-order valence-electron chi connectivity index (χ2n) is 11.2. The number of rotatable bonds is 10. The van der Waals surface area contributed by atoms with Gasteiger partial charge in [-0.2, -0.15) is 0 Å². The van der Waals surface area contributed by atoms with Crippen LogP contribution in [0.25, 0.3) is 0 Å². The van der Waals surface area contributed by atoms with Crippen LogP contribution in [0, 0.1) is 5.92 Å². The van der Waals surface area contributed by atoms with E-state index in [9.17, 15) is 5.11 Å². The Kier molecular flexibility index (Phi) is 10.9. The van der Waals surface area contributed by atoms with Crippen LogP contribution >= 0.6 is 0 Å². The lowest BCUT2D eigenvalue weighted by Gasteiger charge is -2.36. The minimum atomic E-state index is -3.92. The number of hydrogen-bond donors (Lipinski definition) is 2. The monoisotopic (exact) mass is 557 g/mol. The first-order valence-corrected chi connectivity index (χ1v) is 15.4. The molecule has 0 radical (unpaired) electrons. The molecular weight excluding hydrogens is 514 g/mol. The molecule has 1 aliphatic carbocycles. The highest BCUT2D eigenvalue weighted by Crippen LogP contribution is 2.43. The Hall–Kier alpha value is -2.56. The third-order valence-electron chi connectivity index (χ3n) is 7.28. The standard InChI is InChI=1S/C29H40N3O2.CH4O3S/c1-30-20-24-16-14-23(15-17-24)18-19-32(2,3)22-27-21-31-28(34-27)29(33,25-10-6-4-7-11-25)26-12-8-5-9-13-26;1-5(2,3)4/h4,6-7,10-11,14-17,21,26,30,33H,5,8-9,12-13,18-20,22H2,1-3H3;1H3,(H,2,3,4)/q+1;/p-1/t29-;/m0./s1. The van der Waals surface area contributed by atoms with Gasteiger partial charge in [-0.25, -0.2) is 13.4 Å². The first-order chi connectivity index (χ1) is 18.4. The Morgan fingerprint density at radius 1 is 1.05 bits per heavy atom. The van der Waals surface area contributed by atoms with E-state index in [4.69, 9.17) is 17.4 Å². The first-order valence-electron chi connectivity index (χ1n) is 13.6. The third kappa shape index (κ3) is 9.54. The van der Waals surface area contributed by atoms with Gasteiger partial charge in [-0.3, -0.25) is 0 Å². The Morgan fingerprint density at radius 2 is 1.64 bits per heavy atom. The molecule has 8 nitrogen and oxygen atoms in total. The number of quaternary nitrogens is 1. The van der Waals surface area contributed by atoms with Crippen LogP contribution in [0.4, 0.5) is 0 Å². The van der Waals surface area contributed by atoms with E-state index in [1.165, 1.54) is 17.5 Å². The van der Waals surface area contributed by atoms with Crippen molar-refractivity contribution in [2.24, 2.45) is 5.92 Å². The minimum Gasteiger partial charge on any atom is -0.748 e. The number of nitrogens with one attached hydrogen (secondary N) is 1. The molecule has 2 aromatic carbocycles. The van der Waals surface area contributed by atoms with Crippen molar-refractivity contribution in [2.45, 2.75) is 57.2 Å². The molecular formula is C30H43N3O5S. The average molecular weight is 558 g/mol. The second-order valence-corrected chi connectivity index (χ2v) is 12.6. The molecule has 0 amide bonds. The SMILES string of the molecule is CNCc1ccc(CC[N+](C)(C)Cc2cnc([C@](O)(c3ccccc3)C3CCCCC3)o2)cc1.CS(=O)(=O)[O-]. The van der Waals surface area contributed by atoms with Crippen molar-refractivity contribution >= 4 is 10.1 Å². The zero-order valence-corrected chi connectivity index (χ0v) is 24.4. The number of hydrogen-bond acceptors (Lipinski definition) is 7. The number of aromatic nitrogens is 1. The van der Waals surface area contributed by atoms with Crippen LogP contribution < -0.4 is 5.32 Å². The fourth-order valence-corrected chi connectivity index (χ4v) is 5.26. The molecule has 0 aliphatic heterocycles. The van der Waals surface area contributed by atoms with Crippen LogP contribution in [-0.2, 0) is 35.2 Å². The number of likely N-dealkylation sites (N-methyl/N-ethyl adjacent to an activating group) is 1. The Labute approximate surface area is 233 Å². The van der Waals surface area contributed by atoms with Crippen LogP contribution in [-0.4, -0.2) is 61.5 Å². The summed E-state index contributed by atoms with van der Waals surface area (Å²) in [5.74, 6) is 1.40. The predicted molar refractivity (Wildman–Crippen MR) is 152 cm³/mol. The maximum atomic E-state index is 12.0. The van der Waals surface area contributed by atoms with Crippen LogP contribution in [0.15, 0.2) is 65.2 Å². The summed E-state index contributed by atoms with van der Waals surface area (Å²) in [5, 5.41) is 15.2. The van der Waals surface area contributed by atoms with Gasteiger partial charge in [0.2, 0.25) is 5.89 Å². The Bertz CT molecular complexity index is 1250. The van der Waals surface area contributed by atoms with E-state index in [0.717, 1.165) is 67.5 Å². The maximum Gasteiger partial charge on any atom is 0.231 e. The molecule has 1 fully saturated rings. The van der Waals surface area contributed by atoms with Crippen molar-refractivity contribution in [1.29, 1.82) is 0 Å². The van der Waals surface area contributed by atoms with Gasteiger partial charge >= 0.3 is 0 Å².